The fourth-order valence-electron chi connectivity index (χ4n) is 1.93. The predicted molar refractivity (Wildman–Crippen MR) is 65.4 cm³/mol. The minimum Gasteiger partial charge on any atom is -0.473 e. The van der Waals surface area contributed by atoms with Crippen molar-refractivity contribution < 1.29 is 17.9 Å². The maximum atomic E-state index is 12.5. The first-order valence-corrected chi connectivity index (χ1v) is 6.45. The molecule has 0 radical (unpaired) electrons. The zero-order valence-corrected chi connectivity index (χ0v) is 10.9. The van der Waals surface area contributed by atoms with Crippen molar-refractivity contribution in [3.05, 3.63) is 22.8 Å². The summed E-state index contributed by atoms with van der Waals surface area (Å²) in [6.45, 7) is 1.75. The fourth-order valence-corrected chi connectivity index (χ4v) is 2.14. The second-order valence-corrected chi connectivity index (χ2v) is 4.84. The molecule has 0 aromatic carbocycles. The van der Waals surface area contributed by atoms with E-state index in [-0.39, 0.29) is 17.0 Å². The Kier molecular flexibility index (Phi) is 4.52. The summed E-state index contributed by atoms with van der Waals surface area (Å²) >= 11 is 5.79. The number of halogens is 4. The number of nitrogens with zero attached hydrogens (tertiary/aromatic N) is 1. The fraction of sp³-hybridized carbons (Fsp3) is 0.583. The standard InChI is InChI=1S/C12H14ClF3N2O/c13-10-6-8(12(14,15)16)7-18-11(10)19-9-2-1-4-17-5-3-9/h6-7,9,17H,1-5H2. The van der Waals surface area contributed by atoms with Crippen LogP contribution < -0.4 is 10.1 Å². The minimum atomic E-state index is -4.44. The molecule has 1 atom stereocenters. The van der Waals surface area contributed by atoms with Crippen molar-refractivity contribution in [1.82, 2.24) is 10.3 Å². The number of hydrogen-bond donors (Lipinski definition) is 1. The highest BCUT2D eigenvalue weighted by Gasteiger charge is 2.32. The minimum absolute atomic E-state index is 0.0586. The molecule has 0 amide bonds. The molecule has 2 heterocycles. The molecule has 1 saturated heterocycles. The Morgan fingerprint density at radius 3 is 2.79 bits per heavy atom. The Morgan fingerprint density at radius 2 is 2.11 bits per heavy atom. The smallest absolute Gasteiger partial charge is 0.417 e. The van der Waals surface area contributed by atoms with Crippen molar-refractivity contribution in [2.75, 3.05) is 13.1 Å². The van der Waals surface area contributed by atoms with Crippen LogP contribution in [-0.4, -0.2) is 24.2 Å². The second kappa shape index (κ2) is 5.96. The first-order valence-electron chi connectivity index (χ1n) is 6.07. The molecule has 1 aliphatic rings. The van der Waals surface area contributed by atoms with Gasteiger partial charge in [-0.25, -0.2) is 4.98 Å². The monoisotopic (exact) mass is 294 g/mol. The van der Waals surface area contributed by atoms with Gasteiger partial charge in [0.05, 0.1) is 5.56 Å². The zero-order chi connectivity index (χ0) is 13.9. The molecule has 19 heavy (non-hydrogen) atoms. The van der Waals surface area contributed by atoms with Gasteiger partial charge in [0.2, 0.25) is 5.88 Å². The van der Waals surface area contributed by atoms with Crippen LogP contribution in [0.25, 0.3) is 0 Å². The van der Waals surface area contributed by atoms with E-state index in [2.05, 4.69) is 10.3 Å². The van der Waals surface area contributed by atoms with Crippen molar-refractivity contribution >= 4 is 11.6 Å². The summed E-state index contributed by atoms with van der Waals surface area (Å²) in [4.78, 5) is 3.67. The van der Waals surface area contributed by atoms with E-state index in [1.165, 1.54) is 0 Å². The van der Waals surface area contributed by atoms with E-state index < -0.39 is 11.7 Å². The van der Waals surface area contributed by atoms with Crippen LogP contribution in [0.15, 0.2) is 12.3 Å². The summed E-state index contributed by atoms with van der Waals surface area (Å²) in [6.07, 6.45) is -1.16. The summed E-state index contributed by atoms with van der Waals surface area (Å²) in [5.74, 6) is 0.0709. The summed E-state index contributed by atoms with van der Waals surface area (Å²) in [5, 5.41) is 3.12. The first-order chi connectivity index (χ1) is 8.97. The van der Waals surface area contributed by atoms with Crippen LogP contribution in [0, 0.1) is 0 Å². The Morgan fingerprint density at radius 1 is 1.32 bits per heavy atom. The Bertz CT molecular complexity index is 431. The molecular formula is C12H14ClF3N2O. The third-order valence-electron chi connectivity index (χ3n) is 2.94. The van der Waals surface area contributed by atoms with E-state index in [1.54, 1.807) is 0 Å². The number of ether oxygens (including phenoxy) is 1. The molecule has 0 bridgehead atoms. The van der Waals surface area contributed by atoms with Gasteiger partial charge in [0.25, 0.3) is 0 Å². The van der Waals surface area contributed by atoms with Gasteiger partial charge in [-0.2, -0.15) is 13.2 Å². The topological polar surface area (TPSA) is 34.1 Å². The Hall–Kier alpha value is -1.01. The molecule has 7 heteroatoms. The summed E-state index contributed by atoms with van der Waals surface area (Å²) in [7, 11) is 0. The average Bonchev–Trinajstić information content (AvgIpc) is 2.59. The molecule has 0 aliphatic carbocycles. The number of rotatable bonds is 2. The molecule has 1 aromatic heterocycles. The zero-order valence-electron chi connectivity index (χ0n) is 10.1. The molecular weight excluding hydrogens is 281 g/mol. The number of hydrogen-bond acceptors (Lipinski definition) is 3. The lowest BCUT2D eigenvalue weighted by Gasteiger charge is -2.17. The third-order valence-corrected chi connectivity index (χ3v) is 3.21. The maximum Gasteiger partial charge on any atom is 0.417 e. The van der Waals surface area contributed by atoms with Crippen LogP contribution in [0.1, 0.15) is 24.8 Å². The van der Waals surface area contributed by atoms with Crippen LogP contribution in [0.4, 0.5) is 13.2 Å². The van der Waals surface area contributed by atoms with E-state index in [9.17, 15) is 13.2 Å². The molecule has 1 unspecified atom stereocenters. The number of aromatic nitrogens is 1. The van der Waals surface area contributed by atoms with Crippen molar-refractivity contribution in [1.29, 1.82) is 0 Å². The lowest BCUT2D eigenvalue weighted by molar-refractivity contribution is -0.137. The molecule has 1 N–H and O–H groups in total. The maximum absolute atomic E-state index is 12.5. The van der Waals surface area contributed by atoms with Gasteiger partial charge >= 0.3 is 6.18 Å². The van der Waals surface area contributed by atoms with Gasteiger partial charge in [0.1, 0.15) is 11.1 Å². The van der Waals surface area contributed by atoms with Gasteiger partial charge < -0.3 is 10.1 Å². The highest BCUT2D eigenvalue weighted by atomic mass is 35.5. The molecule has 1 fully saturated rings. The number of nitrogens with one attached hydrogen (secondary N) is 1. The average molecular weight is 295 g/mol. The van der Waals surface area contributed by atoms with Crippen LogP contribution in [0.2, 0.25) is 5.02 Å². The Balaban J connectivity index is 2.08. The van der Waals surface area contributed by atoms with Gasteiger partial charge in [0.15, 0.2) is 0 Å². The van der Waals surface area contributed by atoms with Gasteiger partial charge in [0, 0.05) is 6.20 Å². The van der Waals surface area contributed by atoms with E-state index in [0.29, 0.717) is 0 Å². The van der Waals surface area contributed by atoms with Crippen LogP contribution in [-0.2, 0) is 6.18 Å². The van der Waals surface area contributed by atoms with Gasteiger partial charge in [-0.3, -0.25) is 0 Å². The third kappa shape index (κ3) is 3.98. The summed E-state index contributed by atoms with van der Waals surface area (Å²) < 4.78 is 43.0. The first kappa shape index (κ1) is 14.4. The van der Waals surface area contributed by atoms with Gasteiger partial charge in [-0.15, -0.1) is 0 Å². The lowest BCUT2D eigenvalue weighted by Crippen LogP contribution is -2.20. The van der Waals surface area contributed by atoms with E-state index >= 15 is 0 Å². The number of pyridine rings is 1. The molecule has 0 spiro atoms. The van der Waals surface area contributed by atoms with Crippen LogP contribution in [0.5, 0.6) is 5.88 Å². The highest BCUT2D eigenvalue weighted by Crippen LogP contribution is 2.33. The second-order valence-electron chi connectivity index (χ2n) is 4.43. The van der Waals surface area contributed by atoms with Crippen molar-refractivity contribution in [3.8, 4) is 5.88 Å². The number of alkyl halides is 3. The van der Waals surface area contributed by atoms with E-state index in [0.717, 1.165) is 44.6 Å². The van der Waals surface area contributed by atoms with Crippen molar-refractivity contribution in [3.63, 3.8) is 0 Å². The van der Waals surface area contributed by atoms with Crippen LogP contribution in [0.3, 0.4) is 0 Å². The van der Waals surface area contributed by atoms with Crippen molar-refractivity contribution in [2.24, 2.45) is 0 Å². The summed E-state index contributed by atoms with van der Waals surface area (Å²) in [6, 6.07) is 0.846. The SMILES string of the molecule is FC(F)(F)c1cnc(OC2CCCNCC2)c(Cl)c1. The molecule has 1 aliphatic heterocycles. The Labute approximate surface area is 114 Å². The molecule has 3 nitrogen and oxygen atoms in total. The van der Waals surface area contributed by atoms with E-state index in [1.807, 2.05) is 0 Å². The molecule has 106 valence electrons. The molecule has 1 aromatic rings. The van der Waals surface area contributed by atoms with E-state index in [4.69, 9.17) is 16.3 Å². The molecule has 2 rings (SSSR count). The highest BCUT2D eigenvalue weighted by molar-refractivity contribution is 6.31. The van der Waals surface area contributed by atoms with Crippen molar-refractivity contribution in [2.45, 2.75) is 31.5 Å². The largest absolute Gasteiger partial charge is 0.473 e. The lowest BCUT2D eigenvalue weighted by atomic mass is 10.1. The predicted octanol–water partition coefficient (Wildman–Crippen LogP) is 3.27. The van der Waals surface area contributed by atoms with Gasteiger partial charge in [-0.1, -0.05) is 11.6 Å². The summed E-state index contributed by atoms with van der Waals surface area (Å²) in [5.41, 5.74) is -0.868. The quantitative estimate of drug-likeness (QED) is 0.909. The van der Waals surface area contributed by atoms with Gasteiger partial charge in [-0.05, 0) is 38.4 Å². The molecule has 0 saturated carbocycles. The normalized spacial score (nSPS) is 20.9. The van der Waals surface area contributed by atoms with Crippen LogP contribution >= 0.6 is 11.6 Å².